The van der Waals surface area contributed by atoms with E-state index in [9.17, 15) is 9.18 Å². The van der Waals surface area contributed by atoms with Gasteiger partial charge in [0.25, 0.3) is 0 Å². The molecule has 0 aliphatic carbocycles. The van der Waals surface area contributed by atoms with Gasteiger partial charge >= 0.3 is 5.97 Å². The summed E-state index contributed by atoms with van der Waals surface area (Å²) >= 11 is 0. The fourth-order valence-corrected chi connectivity index (χ4v) is 0.735. The van der Waals surface area contributed by atoms with E-state index < -0.39 is 18.0 Å². The lowest BCUT2D eigenvalue weighted by atomic mass is 10.1. The Bertz CT molecular complexity index is 302. The van der Waals surface area contributed by atoms with Crippen molar-refractivity contribution in [1.82, 2.24) is 4.98 Å². The molecule has 0 spiro atoms. The Labute approximate surface area is 67.3 Å². The van der Waals surface area contributed by atoms with Crippen molar-refractivity contribution in [2.24, 2.45) is 0 Å². The molecule has 0 aromatic carbocycles. The van der Waals surface area contributed by atoms with Gasteiger partial charge in [0, 0.05) is 11.8 Å². The van der Waals surface area contributed by atoms with Gasteiger partial charge in [-0.05, 0) is 12.1 Å². The first-order chi connectivity index (χ1) is 5.63. The summed E-state index contributed by atoms with van der Waals surface area (Å²) < 4.78 is 12.7. The summed E-state index contributed by atoms with van der Waals surface area (Å²) in [6.07, 6.45) is -0.674. The van der Waals surface area contributed by atoms with Gasteiger partial charge in [0.15, 0.2) is 6.10 Å². The van der Waals surface area contributed by atoms with Gasteiger partial charge in [0.1, 0.15) is 0 Å². The highest BCUT2D eigenvalue weighted by molar-refractivity contribution is 5.73. The lowest BCUT2D eigenvalue weighted by molar-refractivity contribution is -0.147. The highest BCUT2D eigenvalue weighted by Gasteiger charge is 2.19. The number of carboxylic acid groups (broad SMARTS) is 1. The zero-order valence-corrected chi connectivity index (χ0v) is 5.94. The van der Waals surface area contributed by atoms with E-state index in [0.717, 1.165) is 0 Å². The van der Waals surface area contributed by atoms with E-state index >= 15 is 0 Å². The van der Waals surface area contributed by atoms with Crippen LogP contribution in [0.1, 0.15) is 11.7 Å². The lowest BCUT2D eigenvalue weighted by Gasteiger charge is -2.04. The average Bonchev–Trinajstić information content (AvgIpc) is 2.04. The first-order valence-electron chi connectivity index (χ1n) is 3.14. The van der Waals surface area contributed by atoms with Crippen LogP contribution in [0.4, 0.5) is 4.39 Å². The van der Waals surface area contributed by atoms with Gasteiger partial charge in [-0.25, -0.2) is 9.78 Å². The number of hydrogen-bond donors (Lipinski definition) is 2. The molecule has 0 bridgehead atoms. The number of hydrogen-bond acceptors (Lipinski definition) is 3. The van der Waals surface area contributed by atoms with Gasteiger partial charge in [-0.3, -0.25) is 0 Å². The fourth-order valence-electron chi connectivity index (χ4n) is 0.735. The fraction of sp³-hybridized carbons (Fsp3) is 0.143. The smallest absolute Gasteiger partial charge is 0.337 e. The summed E-state index contributed by atoms with van der Waals surface area (Å²) in [5.41, 5.74) is -0.329. The van der Waals surface area contributed by atoms with Crippen LogP contribution in [0.5, 0.6) is 0 Å². The van der Waals surface area contributed by atoms with E-state index in [0.29, 0.717) is 0 Å². The van der Waals surface area contributed by atoms with Crippen molar-refractivity contribution < 1.29 is 19.4 Å². The molecule has 1 unspecified atom stereocenters. The van der Waals surface area contributed by atoms with Crippen molar-refractivity contribution >= 4 is 5.97 Å². The van der Waals surface area contributed by atoms with Gasteiger partial charge < -0.3 is 10.2 Å². The molecule has 0 aliphatic rings. The van der Waals surface area contributed by atoms with Crippen molar-refractivity contribution in [2.45, 2.75) is 6.10 Å². The van der Waals surface area contributed by atoms with E-state index in [1.165, 1.54) is 18.3 Å². The quantitative estimate of drug-likeness (QED) is 0.629. The van der Waals surface area contributed by atoms with Crippen molar-refractivity contribution in [3.05, 3.63) is 29.8 Å². The molecule has 0 saturated heterocycles. The third kappa shape index (κ3) is 1.57. The Morgan fingerprint density at radius 3 is 2.83 bits per heavy atom. The Balaban J connectivity index is 3.02. The van der Waals surface area contributed by atoms with E-state index in [2.05, 4.69) is 4.98 Å². The number of pyridine rings is 1. The maximum atomic E-state index is 12.7. The molecule has 1 aromatic heterocycles. The van der Waals surface area contributed by atoms with Crippen LogP contribution in [0.2, 0.25) is 0 Å². The zero-order valence-electron chi connectivity index (χ0n) is 5.94. The molecular weight excluding hydrogens is 165 g/mol. The molecule has 0 amide bonds. The Morgan fingerprint density at radius 2 is 2.33 bits per heavy atom. The molecule has 1 heterocycles. The third-order valence-corrected chi connectivity index (χ3v) is 1.32. The molecule has 0 radical (unpaired) electrons. The molecule has 1 atom stereocenters. The molecule has 0 fully saturated rings. The molecule has 1 aromatic rings. The second-order valence-electron chi connectivity index (χ2n) is 2.12. The zero-order chi connectivity index (χ0) is 9.14. The average molecular weight is 171 g/mol. The number of aliphatic hydroxyl groups is 1. The van der Waals surface area contributed by atoms with Gasteiger partial charge in [-0.2, -0.15) is 4.39 Å². The molecule has 0 aliphatic heterocycles. The highest BCUT2D eigenvalue weighted by Crippen LogP contribution is 2.14. The standard InChI is InChI=1S/C7H6FNO3/c8-6-4(2-1-3-9-6)5(10)7(11)12/h1-3,5,10H,(H,11,12). The molecule has 1 rings (SSSR count). The van der Waals surface area contributed by atoms with Gasteiger partial charge in [0.2, 0.25) is 5.95 Å². The van der Waals surface area contributed by atoms with Gasteiger partial charge in [-0.1, -0.05) is 0 Å². The number of halogens is 1. The van der Waals surface area contributed by atoms with Crippen LogP contribution in [0.3, 0.4) is 0 Å². The lowest BCUT2D eigenvalue weighted by Crippen LogP contribution is -2.12. The minimum absolute atomic E-state index is 0.329. The first kappa shape index (κ1) is 8.61. The summed E-state index contributed by atoms with van der Waals surface area (Å²) in [5, 5.41) is 17.2. The summed E-state index contributed by atoms with van der Waals surface area (Å²) in [6, 6.07) is 2.52. The number of aliphatic hydroxyl groups excluding tert-OH is 1. The SMILES string of the molecule is O=C(O)C(O)c1cccnc1F. The van der Waals surface area contributed by atoms with Gasteiger partial charge in [0.05, 0.1) is 0 Å². The minimum Gasteiger partial charge on any atom is -0.479 e. The maximum absolute atomic E-state index is 12.7. The number of rotatable bonds is 2. The predicted molar refractivity (Wildman–Crippen MR) is 36.8 cm³/mol. The van der Waals surface area contributed by atoms with Crippen LogP contribution in [0, 0.1) is 5.95 Å². The second-order valence-corrected chi connectivity index (χ2v) is 2.12. The normalized spacial score (nSPS) is 12.5. The minimum atomic E-state index is -1.85. The van der Waals surface area contributed by atoms with Crippen LogP contribution in [0.25, 0.3) is 0 Å². The van der Waals surface area contributed by atoms with Crippen molar-refractivity contribution in [3.8, 4) is 0 Å². The Morgan fingerprint density at radius 1 is 1.67 bits per heavy atom. The molecule has 5 heteroatoms. The van der Waals surface area contributed by atoms with Crippen LogP contribution in [-0.4, -0.2) is 21.2 Å². The van der Waals surface area contributed by atoms with Crippen LogP contribution in [-0.2, 0) is 4.79 Å². The predicted octanol–water partition coefficient (Wildman–Crippen LogP) is 0.339. The third-order valence-electron chi connectivity index (χ3n) is 1.32. The number of nitrogens with zero attached hydrogens (tertiary/aromatic N) is 1. The number of aromatic nitrogens is 1. The molecule has 0 saturated carbocycles. The van der Waals surface area contributed by atoms with E-state index in [-0.39, 0.29) is 5.56 Å². The van der Waals surface area contributed by atoms with Crippen LogP contribution in [0.15, 0.2) is 18.3 Å². The largest absolute Gasteiger partial charge is 0.479 e. The van der Waals surface area contributed by atoms with Crippen molar-refractivity contribution in [3.63, 3.8) is 0 Å². The summed E-state index contributed by atoms with van der Waals surface area (Å²) in [4.78, 5) is 13.4. The number of carbonyl (C=O) groups is 1. The summed E-state index contributed by atoms with van der Waals surface area (Å²) in [5.74, 6) is -2.46. The molecule has 64 valence electrons. The van der Waals surface area contributed by atoms with Crippen molar-refractivity contribution in [2.75, 3.05) is 0 Å². The van der Waals surface area contributed by atoms with E-state index in [4.69, 9.17) is 10.2 Å². The van der Waals surface area contributed by atoms with Gasteiger partial charge in [-0.15, -0.1) is 0 Å². The monoisotopic (exact) mass is 171 g/mol. The Hall–Kier alpha value is -1.49. The molecular formula is C7H6FNO3. The number of aliphatic carboxylic acids is 1. The van der Waals surface area contributed by atoms with Crippen LogP contribution >= 0.6 is 0 Å². The first-order valence-corrected chi connectivity index (χ1v) is 3.14. The van der Waals surface area contributed by atoms with Crippen LogP contribution < -0.4 is 0 Å². The Kier molecular flexibility index (Phi) is 2.35. The summed E-state index contributed by atoms with van der Waals surface area (Å²) in [7, 11) is 0. The van der Waals surface area contributed by atoms with E-state index in [1.54, 1.807) is 0 Å². The second kappa shape index (κ2) is 3.27. The molecule has 2 N–H and O–H groups in total. The topological polar surface area (TPSA) is 70.4 Å². The van der Waals surface area contributed by atoms with Crippen molar-refractivity contribution in [1.29, 1.82) is 0 Å². The highest BCUT2D eigenvalue weighted by atomic mass is 19.1. The maximum Gasteiger partial charge on any atom is 0.337 e. The summed E-state index contributed by atoms with van der Waals surface area (Å²) in [6.45, 7) is 0. The molecule has 12 heavy (non-hydrogen) atoms. The van der Waals surface area contributed by atoms with E-state index in [1.807, 2.05) is 0 Å². The number of carboxylic acids is 1. The molecule has 4 nitrogen and oxygen atoms in total.